The molecule has 1 heterocycles. The first kappa shape index (κ1) is 16.2. The smallest absolute Gasteiger partial charge is 0.269 e. The molecule has 0 atom stereocenters. The minimum atomic E-state index is -0.426. The van der Waals surface area contributed by atoms with Crippen molar-refractivity contribution in [1.82, 2.24) is 14.8 Å². The Morgan fingerprint density at radius 2 is 1.79 bits per heavy atom. The number of aromatic nitrogens is 3. The molecular weight excluding hydrogens is 326 g/mol. The second-order valence-corrected chi connectivity index (χ2v) is 5.93. The Bertz CT molecular complexity index is 833. The number of rotatable bonds is 6. The van der Waals surface area contributed by atoms with Crippen LogP contribution in [0.5, 0.6) is 0 Å². The summed E-state index contributed by atoms with van der Waals surface area (Å²) in [5.41, 5.74) is 7.71. The summed E-state index contributed by atoms with van der Waals surface area (Å²) >= 11 is 1.54. The molecule has 0 bridgehead atoms. The largest absolute Gasteiger partial charge is 0.324 e. The van der Waals surface area contributed by atoms with Gasteiger partial charge in [0.25, 0.3) is 5.69 Å². The van der Waals surface area contributed by atoms with Crippen molar-refractivity contribution in [2.45, 2.75) is 17.5 Å². The van der Waals surface area contributed by atoms with E-state index in [-0.39, 0.29) is 12.2 Å². The van der Waals surface area contributed by atoms with Crippen LogP contribution in [0.25, 0.3) is 5.69 Å². The van der Waals surface area contributed by atoms with E-state index >= 15 is 0 Å². The van der Waals surface area contributed by atoms with E-state index < -0.39 is 4.92 Å². The van der Waals surface area contributed by atoms with Gasteiger partial charge in [0, 0.05) is 23.6 Å². The molecule has 0 spiro atoms. The SMILES string of the molecule is NCc1nnc(SCc2ccccc2)n1-c1ccc([N+](=O)[O-])cc1. The van der Waals surface area contributed by atoms with Crippen LogP contribution in [-0.4, -0.2) is 19.7 Å². The van der Waals surface area contributed by atoms with E-state index in [0.717, 1.165) is 11.4 Å². The Balaban J connectivity index is 1.88. The van der Waals surface area contributed by atoms with Crippen molar-refractivity contribution in [2.24, 2.45) is 5.73 Å². The first-order chi connectivity index (χ1) is 11.7. The van der Waals surface area contributed by atoms with E-state index in [0.29, 0.717) is 11.0 Å². The van der Waals surface area contributed by atoms with Crippen molar-refractivity contribution in [3.63, 3.8) is 0 Å². The summed E-state index contributed by atoms with van der Waals surface area (Å²) in [5.74, 6) is 1.36. The molecule has 0 aliphatic heterocycles. The maximum atomic E-state index is 10.8. The summed E-state index contributed by atoms with van der Waals surface area (Å²) in [6.45, 7) is 0.232. The number of hydrogen-bond acceptors (Lipinski definition) is 6. The number of nitro benzene ring substituents is 1. The molecule has 0 radical (unpaired) electrons. The standard InChI is InChI=1S/C16H15N5O2S/c17-10-15-18-19-16(24-11-12-4-2-1-3-5-12)20(15)13-6-8-14(9-7-13)21(22)23/h1-9H,10-11,17H2. The van der Waals surface area contributed by atoms with Crippen LogP contribution in [0, 0.1) is 10.1 Å². The Morgan fingerprint density at radius 3 is 2.42 bits per heavy atom. The number of non-ortho nitro benzene ring substituents is 1. The lowest BCUT2D eigenvalue weighted by atomic mass is 10.2. The van der Waals surface area contributed by atoms with Crippen LogP contribution in [-0.2, 0) is 12.3 Å². The summed E-state index contributed by atoms with van der Waals surface area (Å²) in [7, 11) is 0. The molecule has 0 aliphatic carbocycles. The summed E-state index contributed by atoms with van der Waals surface area (Å²) in [4.78, 5) is 10.4. The molecule has 2 N–H and O–H groups in total. The van der Waals surface area contributed by atoms with Gasteiger partial charge in [-0.1, -0.05) is 42.1 Å². The number of nitrogens with zero attached hydrogens (tertiary/aromatic N) is 4. The summed E-state index contributed by atoms with van der Waals surface area (Å²) in [5, 5.41) is 19.8. The van der Waals surface area contributed by atoms with E-state index in [1.165, 1.54) is 17.7 Å². The normalized spacial score (nSPS) is 10.7. The number of benzene rings is 2. The monoisotopic (exact) mass is 341 g/mol. The fourth-order valence-corrected chi connectivity index (χ4v) is 3.16. The fourth-order valence-electron chi connectivity index (χ4n) is 2.23. The van der Waals surface area contributed by atoms with E-state index in [9.17, 15) is 10.1 Å². The molecule has 0 fully saturated rings. The zero-order valence-corrected chi connectivity index (χ0v) is 13.5. The summed E-state index contributed by atoms with van der Waals surface area (Å²) in [6.07, 6.45) is 0. The molecule has 3 aromatic rings. The van der Waals surface area contributed by atoms with E-state index in [1.807, 2.05) is 34.9 Å². The quantitative estimate of drug-likeness (QED) is 0.420. The lowest BCUT2D eigenvalue weighted by molar-refractivity contribution is -0.384. The highest BCUT2D eigenvalue weighted by atomic mass is 32.2. The zero-order chi connectivity index (χ0) is 16.9. The molecule has 0 amide bonds. The summed E-state index contributed by atoms with van der Waals surface area (Å²) in [6, 6.07) is 16.3. The van der Waals surface area contributed by atoms with Gasteiger partial charge in [0.2, 0.25) is 0 Å². The first-order valence-electron chi connectivity index (χ1n) is 7.25. The minimum Gasteiger partial charge on any atom is -0.324 e. The number of nitro groups is 1. The van der Waals surface area contributed by atoms with Crippen molar-refractivity contribution in [3.05, 3.63) is 76.1 Å². The van der Waals surface area contributed by atoms with Gasteiger partial charge in [0.05, 0.1) is 11.5 Å². The molecule has 24 heavy (non-hydrogen) atoms. The Labute approximate surface area is 142 Å². The van der Waals surface area contributed by atoms with Crippen molar-refractivity contribution in [3.8, 4) is 5.69 Å². The molecule has 0 saturated heterocycles. The molecule has 7 nitrogen and oxygen atoms in total. The van der Waals surface area contributed by atoms with Crippen LogP contribution in [0.3, 0.4) is 0 Å². The zero-order valence-electron chi connectivity index (χ0n) is 12.7. The van der Waals surface area contributed by atoms with Gasteiger partial charge in [0.15, 0.2) is 11.0 Å². The van der Waals surface area contributed by atoms with Crippen molar-refractivity contribution in [2.75, 3.05) is 0 Å². The predicted molar refractivity (Wildman–Crippen MR) is 91.9 cm³/mol. The molecule has 0 saturated carbocycles. The van der Waals surface area contributed by atoms with Gasteiger partial charge in [-0.2, -0.15) is 0 Å². The highest BCUT2D eigenvalue weighted by Crippen LogP contribution is 2.26. The molecule has 8 heteroatoms. The molecule has 122 valence electrons. The highest BCUT2D eigenvalue weighted by Gasteiger charge is 2.14. The number of thioether (sulfide) groups is 1. The molecule has 2 aromatic carbocycles. The van der Waals surface area contributed by atoms with Gasteiger partial charge in [-0.25, -0.2) is 0 Å². The second-order valence-electron chi connectivity index (χ2n) is 4.99. The van der Waals surface area contributed by atoms with Gasteiger partial charge in [0.1, 0.15) is 0 Å². The molecule has 1 aromatic heterocycles. The van der Waals surface area contributed by atoms with Crippen molar-refractivity contribution in [1.29, 1.82) is 0 Å². The lowest BCUT2D eigenvalue weighted by Gasteiger charge is -2.09. The Hall–Kier alpha value is -2.71. The third-order valence-corrected chi connectivity index (χ3v) is 4.41. The van der Waals surface area contributed by atoms with Crippen molar-refractivity contribution < 1.29 is 4.92 Å². The third-order valence-electron chi connectivity index (χ3n) is 3.41. The predicted octanol–water partition coefficient (Wildman–Crippen LogP) is 2.93. The maximum Gasteiger partial charge on any atom is 0.269 e. The summed E-state index contributed by atoms with van der Waals surface area (Å²) < 4.78 is 1.83. The topological polar surface area (TPSA) is 99.9 Å². The molecule has 3 rings (SSSR count). The van der Waals surface area contributed by atoms with Gasteiger partial charge < -0.3 is 5.73 Å². The molecule has 0 unspecified atom stereocenters. The van der Waals surface area contributed by atoms with Crippen LogP contribution < -0.4 is 5.73 Å². The van der Waals surface area contributed by atoms with Crippen LogP contribution in [0.2, 0.25) is 0 Å². The van der Waals surface area contributed by atoms with E-state index in [4.69, 9.17) is 5.73 Å². The average molecular weight is 341 g/mol. The Kier molecular flexibility index (Phi) is 4.88. The second kappa shape index (κ2) is 7.24. The molecule has 0 aliphatic rings. The van der Waals surface area contributed by atoms with E-state index in [2.05, 4.69) is 10.2 Å². The molecular formula is C16H15N5O2S. The van der Waals surface area contributed by atoms with Gasteiger partial charge in [-0.15, -0.1) is 10.2 Å². The van der Waals surface area contributed by atoms with Crippen molar-refractivity contribution >= 4 is 17.4 Å². The maximum absolute atomic E-state index is 10.8. The van der Waals surface area contributed by atoms with Gasteiger partial charge >= 0.3 is 0 Å². The minimum absolute atomic E-state index is 0.0413. The number of hydrogen-bond donors (Lipinski definition) is 1. The first-order valence-corrected chi connectivity index (χ1v) is 8.23. The van der Waals surface area contributed by atoms with Crippen LogP contribution >= 0.6 is 11.8 Å². The number of nitrogens with two attached hydrogens (primary N) is 1. The fraction of sp³-hybridized carbons (Fsp3) is 0.125. The third kappa shape index (κ3) is 3.44. The lowest BCUT2D eigenvalue weighted by Crippen LogP contribution is -2.07. The Morgan fingerprint density at radius 1 is 1.08 bits per heavy atom. The van der Waals surface area contributed by atoms with Crippen LogP contribution in [0.4, 0.5) is 5.69 Å². The highest BCUT2D eigenvalue weighted by molar-refractivity contribution is 7.98. The average Bonchev–Trinajstić information content (AvgIpc) is 3.04. The van der Waals surface area contributed by atoms with Crippen LogP contribution in [0.1, 0.15) is 11.4 Å². The van der Waals surface area contributed by atoms with Gasteiger partial charge in [-0.05, 0) is 17.7 Å². The van der Waals surface area contributed by atoms with Gasteiger partial charge in [-0.3, -0.25) is 14.7 Å². The van der Waals surface area contributed by atoms with Crippen LogP contribution in [0.15, 0.2) is 59.8 Å². The van der Waals surface area contributed by atoms with E-state index in [1.54, 1.807) is 23.9 Å².